The van der Waals surface area contributed by atoms with E-state index in [0.29, 0.717) is 0 Å². The molecule has 2 rings (SSSR count). The summed E-state index contributed by atoms with van der Waals surface area (Å²) >= 11 is 0. The van der Waals surface area contributed by atoms with Crippen molar-refractivity contribution in [2.24, 2.45) is 0 Å². The minimum Gasteiger partial charge on any atom is -0.399 e. The molecule has 0 amide bonds. The second-order valence-corrected chi connectivity index (χ2v) is 4.62. The van der Waals surface area contributed by atoms with Crippen LogP contribution in [-0.4, -0.2) is 25.3 Å². The zero-order chi connectivity index (χ0) is 10.9. The Bertz CT molecular complexity index is 332. The van der Waals surface area contributed by atoms with Crippen molar-refractivity contribution in [2.45, 2.75) is 19.4 Å². The highest BCUT2D eigenvalue weighted by Gasteiger charge is 2.27. The van der Waals surface area contributed by atoms with Gasteiger partial charge in [0.25, 0.3) is 0 Å². The number of hydrogen-bond donors (Lipinski definition) is 1. The van der Waals surface area contributed by atoms with Crippen molar-refractivity contribution in [1.82, 2.24) is 0 Å². The third-order valence-electron chi connectivity index (χ3n) is 2.68. The number of nitrogens with zero attached hydrogens (tertiary/aromatic N) is 1. The second-order valence-electron chi connectivity index (χ2n) is 4.62. The summed E-state index contributed by atoms with van der Waals surface area (Å²) in [5.74, 6) is 0. The van der Waals surface area contributed by atoms with E-state index in [4.69, 9.17) is 10.5 Å². The molecule has 0 atom stereocenters. The third-order valence-corrected chi connectivity index (χ3v) is 2.68. The average molecular weight is 206 g/mol. The van der Waals surface area contributed by atoms with Crippen molar-refractivity contribution >= 4 is 11.4 Å². The summed E-state index contributed by atoms with van der Waals surface area (Å²) in [4.78, 5) is 2.34. The first-order valence-electron chi connectivity index (χ1n) is 5.31. The fourth-order valence-electron chi connectivity index (χ4n) is 1.92. The average Bonchev–Trinajstić information content (AvgIpc) is 2.17. The number of morpholine rings is 1. The molecule has 1 aliphatic rings. The second kappa shape index (κ2) is 3.74. The highest BCUT2D eigenvalue weighted by Crippen LogP contribution is 2.23. The van der Waals surface area contributed by atoms with Crippen molar-refractivity contribution in [3.63, 3.8) is 0 Å². The monoisotopic (exact) mass is 206 g/mol. The first kappa shape index (κ1) is 10.3. The number of hydrogen-bond acceptors (Lipinski definition) is 3. The molecule has 1 saturated heterocycles. The number of benzene rings is 1. The molecule has 1 aromatic rings. The number of ether oxygens (including phenoxy) is 1. The SMILES string of the molecule is CC1(C)CN(c2ccc(N)cc2)CCO1. The molecule has 15 heavy (non-hydrogen) atoms. The van der Waals surface area contributed by atoms with Crippen LogP contribution >= 0.6 is 0 Å². The Morgan fingerprint density at radius 2 is 1.93 bits per heavy atom. The van der Waals surface area contributed by atoms with Gasteiger partial charge in [-0.05, 0) is 38.1 Å². The molecule has 0 unspecified atom stereocenters. The molecular weight excluding hydrogens is 188 g/mol. The maximum absolute atomic E-state index is 5.67. The quantitative estimate of drug-likeness (QED) is 0.713. The lowest BCUT2D eigenvalue weighted by molar-refractivity contribution is -0.0276. The van der Waals surface area contributed by atoms with Crippen LogP contribution in [-0.2, 0) is 4.74 Å². The number of rotatable bonds is 1. The molecule has 82 valence electrons. The molecule has 1 aromatic carbocycles. The van der Waals surface area contributed by atoms with Gasteiger partial charge in [0.05, 0.1) is 12.2 Å². The summed E-state index contributed by atoms with van der Waals surface area (Å²) in [6, 6.07) is 8.02. The lowest BCUT2D eigenvalue weighted by Gasteiger charge is -2.39. The molecule has 0 spiro atoms. The summed E-state index contributed by atoms with van der Waals surface area (Å²) in [5.41, 5.74) is 7.64. The van der Waals surface area contributed by atoms with E-state index in [1.54, 1.807) is 0 Å². The Morgan fingerprint density at radius 1 is 1.27 bits per heavy atom. The first-order valence-corrected chi connectivity index (χ1v) is 5.31. The summed E-state index contributed by atoms with van der Waals surface area (Å²) < 4.78 is 5.67. The molecule has 3 heteroatoms. The van der Waals surface area contributed by atoms with Crippen molar-refractivity contribution < 1.29 is 4.74 Å². The van der Waals surface area contributed by atoms with Crippen LogP contribution < -0.4 is 10.6 Å². The summed E-state index contributed by atoms with van der Waals surface area (Å²) in [6.45, 7) is 6.91. The standard InChI is InChI=1S/C12H18N2O/c1-12(2)9-14(7-8-15-12)11-5-3-10(13)4-6-11/h3-6H,7-9,13H2,1-2H3. The Morgan fingerprint density at radius 3 is 2.53 bits per heavy atom. The van der Waals surface area contributed by atoms with Crippen molar-refractivity contribution in [1.29, 1.82) is 0 Å². The lowest BCUT2D eigenvalue weighted by Crippen LogP contribution is -2.48. The smallest absolute Gasteiger partial charge is 0.0801 e. The fraction of sp³-hybridized carbons (Fsp3) is 0.500. The molecule has 0 radical (unpaired) electrons. The third kappa shape index (κ3) is 2.42. The van der Waals surface area contributed by atoms with Crippen LogP contribution in [0.15, 0.2) is 24.3 Å². The van der Waals surface area contributed by atoms with Gasteiger partial charge < -0.3 is 15.4 Å². The van der Waals surface area contributed by atoms with Crippen LogP contribution in [0, 0.1) is 0 Å². The molecule has 2 N–H and O–H groups in total. The Kier molecular flexibility index (Phi) is 2.57. The topological polar surface area (TPSA) is 38.5 Å². The maximum atomic E-state index is 5.67. The van der Waals surface area contributed by atoms with Crippen LogP contribution in [0.4, 0.5) is 11.4 Å². The molecule has 0 saturated carbocycles. The minimum absolute atomic E-state index is 0.0559. The molecule has 0 aromatic heterocycles. The van der Waals surface area contributed by atoms with Crippen LogP contribution in [0.5, 0.6) is 0 Å². The lowest BCUT2D eigenvalue weighted by atomic mass is 10.1. The van der Waals surface area contributed by atoms with Crippen molar-refractivity contribution in [3.05, 3.63) is 24.3 Å². The predicted molar refractivity (Wildman–Crippen MR) is 63.1 cm³/mol. The molecular formula is C12H18N2O. The van der Waals surface area contributed by atoms with Gasteiger partial charge in [-0.2, -0.15) is 0 Å². The minimum atomic E-state index is -0.0559. The highest BCUT2D eigenvalue weighted by molar-refractivity contribution is 5.53. The van der Waals surface area contributed by atoms with Crippen LogP contribution in [0.1, 0.15) is 13.8 Å². The largest absolute Gasteiger partial charge is 0.399 e. The van der Waals surface area contributed by atoms with E-state index in [2.05, 4.69) is 30.9 Å². The van der Waals surface area contributed by atoms with E-state index in [1.807, 2.05) is 12.1 Å². The molecule has 0 aliphatic carbocycles. The van der Waals surface area contributed by atoms with Gasteiger partial charge in [0.15, 0.2) is 0 Å². The predicted octanol–water partition coefficient (Wildman–Crippen LogP) is 1.88. The molecule has 1 fully saturated rings. The summed E-state index contributed by atoms with van der Waals surface area (Å²) in [6.07, 6.45) is 0. The van der Waals surface area contributed by atoms with E-state index in [9.17, 15) is 0 Å². The Hall–Kier alpha value is -1.22. The van der Waals surface area contributed by atoms with Crippen LogP contribution in [0.2, 0.25) is 0 Å². The zero-order valence-electron chi connectivity index (χ0n) is 9.36. The maximum Gasteiger partial charge on any atom is 0.0801 e. The number of anilines is 2. The van der Waals surface area contributed by atoms with E-state index in [-0.39, 0.29) is 5.60 Å². The van der Waals surface area contributed by atoms with Gasteiger partial charge in [-0.1, -0.05) is 0 Å². The van der Waals surface area contributed by atoms with Gasteiger partial charge in [-0.25, -0.2) is 0 Å². The zero-order valence-corrected chi connectivity index (χ0v) is 9.36. The number of nitrogen functional groups attached to an aromatic ring is 1. The Balaban J connectivity index is 2.13. The first-order chi connectivity index (χ1) is 7.07. The summed E-state index contributed by atoms with van der Waals surface area (Å²) in [7, 11) is 0. The van der Waals surface area contributed by atoms with Gasteiger partial charge in [-0.3, -0.25) is 0 Å². The highest BCUT2D eigenvalue weighted by atomic mass is 16.5. The van der Waals surface area contributed by atoms with E-state index in [1.165, 1.54) is 5.69 Å². The molecule has 1 heterocycles. The van der Waals surface area contributed by atoms with Gasteiger partial charge in [0.1, 0.15) is 0 Å². The molecule has 1 aliphatic heterocycles. The van der Waals surface area contributed by atoms with Gasteiger partial charge >= 0.3 is 0 Å². The summed E-state index contributed by atoms with van der Waals surface area (Å²) in [5, 5.41) is 0. The normalized spacial score (nSPS) is 20.3. The molecule has 3 nitrogen and oxygen atoms in total. The van der Waals surface area contributed by atoms with Crippen LogP contribution in [0.25, 0.3) is 0 Å². The van der Waals surface area contributed by atoms with Gasteiger partial charge in [0, 0.05) is 24.5 Å². The van der Waals surface area contributed by atoms with E-state index >= 15 is 0 Å². The number of nitrogens with two attached hydrogens (primary N) is 1. The molecule has 0 bridgehead atoms. The van der Waals surface area contributed by atoms with E-state index in [0.717, 1.165) is 25.4 Å². The fourth-order valence-corrected chi connectivity index (χ4v) is 1.92. The van der Waals surface area contributed by atoms with E-state index < -0.39 is 0 Å². The van der Waals surface area contributed by atoms with Gasteiger partial charge in [-0.15, -0.1) is 0 Å². The Labute approximate surface area is 90.8 Å². The van der Waals surface area contributed by atoms with Crippen molar-refractivity contribution in [3.8, 4) is 0 Å². The van der Waals surface area contributed by atoms with Crippen LogP contribution in [0.3, 0.4) is 0 Å². The van der Waals surface area contributed by atoms with Gasteiger partial charge in [0.2, 0.25) is 0 Å². The van der Waals surface area contributed by atoms with Crippen molar-refractivity contribution in [2.75, 3.05) is 30.3 Å².